The number of para-hydroxylation sites is 2. The molecule has 3 rings (SSSR count). The molecule has 0 bridgehead atoms. The first-order chi connectivity index (χ1) is 14.3. The fraction of sp³-hybridized carbons (Fsp3) is 0.0952. The first kappa shape index (κ1) is 21.7. The molecule has 3 aromatic carbocycles. The quantitative estimate of drug-likeness (QED) is 0.431. The zero-order valence-corrected chi connectivity index (χ0v) is 18.3. The molecule has 0 unspecified atom stereocenters. The van der Waals surface area contributed by atoms with E-state index >= 15 is 0 Å². The van der Waals surface area contributed by atoms with Gasteiger partial charge in [0.25, 0.3) is 10.0 Å². The van der Waals surface area contributed by atoms with Crippen LogP contribution < -0.4 is 14.8 Å². The number of hydrogen-bond donors (Lipinski definition) is 3. The molecule has 156 valence electrons. The van der Waals surface area contributed by atoms with Gasteiger partial charge in [-0.1, -0.05) is 40.2 Å². The van der Waals surface area contributed by atoms with E-state index in [0.717, 1.165) is 10.0 Å². The number of rotatable bonds is 7. The third-order valence-electron chi connectivity index (χ3n) is 4.18. The lowest BCUT2D eigenvalue weighted by Gasteiger charge is -2.13. The molecule has 0 atom stereocenters. The topological polar surface area (TPSA) is 105 Å². The minimum Gasteiger partial charge on any atom is -0.506 e. The molecule has 9 heteroatoms. The molecule has 7 nitrogen and oxygen atoms in total. The standard InChI is InChI=1S/C21H19BrN2O5S/c1-29-20-5-3-2-4-17(20)24-30(27,28)16-10-11-19(25)18(13-16)23-21(26)12-14-6-8-15(22)9-7-14/h2-11,13,24-25H,12H2,1H3,(H,23,26). The molecule has 0 fully saturated rings. The number of phenols is 1. The Labute approximate surface area is 182 Å². The van der Waals surface area contributed by atoms with Crippen LogP contribution in [0.25, 0.3) is 0 Å². The highest BCUT2D eigenvalue weighted by molar-refractivity contribution is 9.10. The zero-order valence-electron chi connectivity index (χ0n) is 15.9. The van der Waals surface area contributed by atoms with Gasteiger partial charge in [0, 0.05) is 4.47 Å². The largest absolute Gasteiger partial charge is 0.506 e. The molecule has 0 aliphatic carbocycles. The second-order valence-corrected chi connectivity index (χ2v) is 8.93. The summed E-state index contributed by atoms with van der Waals surface area (Å²) < 4.78 is 34.1. The van der Waals surface area contributed by atoms with Crippen molar-refractivity contribution in [3.05, 3.63) is 76.8 Å². The first-order valence-electron chi connectivity index (χ1n) is 8.81. The van der Waals surface area contributed by atoms with Crippen LogP contribution in [0.3, 0.4) is 0 Å². The summed E-state index contributed by atoms with van der Waals surface area (Å²) in [4.78, 5) is 12.2. The third kappa shape index (κ3) is 5.31. The van der Waals surface area contributed by atoms with E-state index in [9.17, 15) is 18.3 Å². The summed E-state index contributed by atoms with van der Waals surface area (Å²) in [5.41, 5.74) is 1.05. The predicted molar refractivity (Wildman–Crippen MR) is 118 cm³/mol. The molecule has 0 radical (unpaired) electrons. The van der Waals surface area contributed by atoms with Crippen molar-refractivity contribution in [1.82, 2.24) is 0 Å². The Bertz CT molecular complexity index is 1160. The van der Waals surface area contributed by atoms with Gasteiger partial charge < -0.3 is 15.2 Å². The number of phenolic OH excluding ortho intramolecular Hbond substituents is 1. The Kier molecular flexibility index (Phi) is 6.63. The molecule has 0 saturated heterocycles. The molecule has 0 aliphatic rings. The van der Waals surface area contributed by atoms with Crippen molar-refractivity contribution in [1.29, 1.82) is 0 Å². The highest BCUT2D eigenvalue weighted by Gasteiger charge is 2.19. The summed E-state index contributed by atoms with van der Waals surface area (Å²) in [6.45, 7) is 0. The Balaban J connectivity index is 1.80. The summed E-state index contributed by atoms with van der Waals surface area (Å²) in [5, 5.41) is 12.6. The van der Waals surface area contributed by atoms with Crippen LogP contribution in [-0.4, -0.2) is 26.5 Å². The Morgan fingerprint density at radius 2 is 1.73 bits per heavy atom. The molecule has 1 amide bonds. The number of carbonyl (C=O) groups excluding carboxylic acids is 1. The van der Waals surface area contributed by atoms with Crippen LogP contribution in [-0.2, 0) is 21.2 Å². The van der Waals surface area contributed by atoms with E-state index in [4.69, 9.17) is 4.74 Å². The van der Waals surface area contributed by atoms with Gasteiger partial charge in [0.2, 0.25) is 5.91 Å². The van der Waals surface area contributed by atoms with Crippen molar-refractivity contribution >= 4 is 43.2 Å². The Morgan fingerprint density at radius 3 is 2.43 bits per heavy atom. The second-order valence-electron chi connectivity index (χ2n) is 6.34. The summed E-state index contributed by atoms with van der Waals surface area (Å²) in [5.74, 6) is -0.266. The van der Waals surface area contributed by atoms with E-state index in [-0.39, 0.29) is 34.3 Å². The Hall–Kier alpha value is -3.04. The van der Waals surface area contributed by atoms with E-state index in [1.807, 2.05) is 12.1 Å². The lowest BCUT2D eigenvalue weighted by atomic mass is 10.1. The van der Waals surface area contributed by atoms with Crippen molar-refractivity contribution in [2.45, 2.75) is 11.3 Å². The fourth-order valence-corrected chi connectivity index (χ4v) is 4.06. The van der Waals surface area contributed by atoms with E-state index in [1.165, 1.54) is 25.3 Å². The van der Waals surface area contributed by atoms with Gasteiger partial charge in [0.05, 0.1) is 29.8 Å². The summed E-state index contributed by atoms with van der Waals surface area (Å²) >= 11 is 3.33. The van der Waals surface area contributed by atoms with Crippen LogP contribution in [0.15, 0.2) is 76.1 Å². The molecular weight excluding hydrogens is 472 g/mol. The Morgan fingerprint density at radius 1 is 1.03 bits per heavy atom. The normalized spacial score (nSPS) is 11.0. The molecular formula is C21H19BrN2O5S. The molecule has 0 aliphatic heterocycles. The van der Waals surface area contributed by atoms with Gasteiger partial charge >= 0.3 is 0 Å². The highest BCUT2D eigenvalue weighted by Crippen LogP contribution is 2.30. The molecule has 30 heavy (non-hydrogen) atoms. The molecule has 0 heterocycles. The third-order valence-corrected chi connectivity index (χ3v) is 6.07. The lowest BCUT2D eigenvalue weighted by molar-refractivity contribution is -0.115. The highest BCUT2D eigenvalue weighted by atomic mass is 79.9. The smallest absolute Gasteiger partial charge is 0.262 e. The SMILES string of the molecule is COc1ccccc1NS(=O)(=O)c1ccc(O)c(NC(=O)Cc2ccc(Br)cc2)c1. The van der Waals surface area contributed by atoms with Crippen molar-refractivity contribution in [2.75, 3.05) is 17.1 Å². The number of methoxy groups -OCH3 is 1. The monoisotopic (exact) mass is 490 g/mol. The first-order valence-corrected chi connectivity index (χ1v) is 11.1. The van der Waals surface area contributed by atoms with Gasteiger partial charge in [-0.25, -0.2) is 8.42 Å². The second kappa shape index (κ2) is 9.19. The predicted octanol–water partition coefficient (Wildman–Crippen LogP) is 4.15. The molecule has 3 aromatic rings. The maximum Gasteiger partial charge on any atom is 0.262 e. The fourth-order valence-electron chi connectivity index (χ4n) is 2.70. The number of amides is 1. The van der Waals surface area contributed by atoms with Crippen molar-refractivity contribution in [2.24, 2.45) is 0 Å². The minimum atomic E-state index is -3.98. The van der Waals surface area contributed by atoms with Crippen LogP contribution in [0, 0.1) is 0 Å². The number of nitrogens with one attached hydrogen (secondary N) is 2. The number of benzene rings is 3. The van der Waals surface area contributed by atoms with E-state index in [2.05, 4.69) is 26.0 Å². The number of aromatic hydroxyl groups is 1. The van der Waals surface area contributed by atoms with Gasteiger partial charge in [0.15, 0.2) is 0 Å². The van der Waals surface area contributed by atoms with Gasteiger partial charge in [-0.3, -0.25) is 9.52 Å². The molecule has 0 spiro atoms. The van der Waals surface area contributed by atoms with Crippen LogP contribution in [0.2, 0.25) is 0 Å². The maximum absolute atomic E-state index is 12.8. The number of hydrogen-bond acceptors (Lipinski definition) is 5. The van der Waals surface area contributed by atoms with Crippen LogP contribution >= 0.6 is 15.9 Å². The lowest BCUT2D eigenvalue weighted by Crippen LogP contribution is -2.16. The maximum atomic E-state index is 12.8. The van der Waals surface area contributed by atoms with Crippen LogP contribution in [0.1, 0.15) is 5.56 Å². The van der Waals surface area contributed by atoms with Crippen LogP contribution in [0.4, 0.5) is 11.4 Å². The van der Waals surface area contributed by atoms with E-state index in [1.54, 1.807) is 36.4 Å². The summed E-state index contributed by atoms with van der Waals surface area (Å²) in [7, 11) is -2.54. The number of carbonyl (C=O) groups is 1. The van der Waals surface area contributed by atoms with Crippen molar-refractivity contribution in [3.8, 4) is 11.5 Å². The molecule has 3 N–H and O–H groups in total. The van der Waals surface area contributed by atoms with Gasteiger partial charge in [0.1, 0.15) is 11.5 Å². The number of ether oxygens (including phenoxy) is 1. The van der Waals surface area contributed by atoms with Crippen molar-refractivity contribution < 1.29 is 23.1 Å². The average Bonchev–Trinajstić information content (AvgIpc) is 2.71. The summed E-state index contributed by atoms with van der Waals surface area (Å²) in [6.07, 6.45) is 0.0726. The zero-order chi connectivity index (χ0) is 21.7. The average molecular weight is 491 g/mol. The van der Waals surface area contributed by atoms with E-state index in [0.29, 0.717) is 5.75 Å². The number of sulfonamides is 1. The number of anilines is 2. The molecule has 0 aromatic heterocycles. The van der Waals surface area contributed by atoms with Gasteiger partial charge in [-0.15, -0.1) is 0 Å². The number of halogens is 1. The molecule has 0 saturated carbocycles. The summed E-state index contributed by atoms with van der Waals surface area (Å²) in [6, 6.07) is 17.5. The van der Waals surface area contributed by atoms with Gasteiger partial charge in [-0.05, 0) is 48.0 Å². The van der Waals surface area contributed by atoms with E-state index < -0.39 is 10.0 Å². The minimum absolute atomic E-state index is 0.0000124. The van der Waals surface area contributed by atoms with Crippen molar-refractivity contribution in [3.63, 3.8) is 0 Å². The van der Waals surface area contributed by atoms with Crippen LogP contribution in [0.5, 0.6) is 11.5 Å². The van der Waals surface area contributed by atoms with Gasteiger partial charge in [-0.2, -0.15) is 0 Å².